The van der Waals surface area contributed by atoms with E-state index in [-0.39, 0.29) is 29.2 Å². The van der Waals surface area contributed by atoms with Crippen molar-refractivity contribution < 1.29 is 13.6 Å². The fourth-order valence-electron chi connectivity index (χ4n) is 3.83. The Morgan fingerprint density at radius 2 is 1.88 bits per heavy atom. The minimum atomic E-state index is -1.03. The van der Waals surface area contributed by atoms with Gasteiger partial charge in [0.05, 0.1) is 11.8 Å². The molecule has 2 aliphatic rings. The van der Waals surface area contributed by atoms with Gasteiger partial charge in [0.25, 0.3) is 5.91 Å². The number of rotatable bonds is 4. The molecule has 2 N–H and O–H groups in total. The van der Waals surface area contributed by atoms with E-state index in [0.29, 0.717) is 17.2 Å². The summed E-state index contributed by atoms with van der Waals surface area (Å²) in [7, 11) is 1.71. The van der Waals surface area contributed by atoms with Gasteiger partial charge >= 0.3 is 0 Å². The van der Waals surface area contributed by atoms with Crippen LogP contribution in [0.15, 0.2) is 76.3 Å². The molecule has 0 bridgehead atoms. The Bertz CT molecular complexity index is 1160. The van der Waals surface area contributed by atoms with Gasteiger partial charge in [0.2, 0.25) is 6.17 Å². The number of hydrogen-bond donors (Lipinski definition) is 2. The lowest BCUT2D eigenvalue weighted by Gasteiger charge is -2.30. The van der Waals surface area contributed by atoms with Crippen molar-refractivity contribution in [3.63, 3.8) is 0 Å². The molecule has 0 radical (unpaired) electrons. The maximum atomic E-state index is 13.9. The number of benzene rings is 2. The monoisotopic (exact) mass is 486 g/mol. The maximum absolute atomic E-state index is 13.9. The quantitative estimate of drug-likeness (QED) is 0.640. The van der Waals surface area contributed by atoms with Gasteiger partial charge in [-0.2, -0.15) is 0 Å². The van der Waals surface area contributed by atoms with Crippen LogP contribution in [-0.2, 0) is 11.3 Å². The number of nitrogens with one attached hydrogen (secondary N) is 2. The molecule has 1 heterocycles. The summed E-state index contributed by atoms with van der Waals surface area (Å²) in [5, 5.41) is 6.29. The van der Waals surface area contributed by atoms with Gasteiger partial charge in [-0.25, -0.2) is 13.8 Å². The van der Waals surface area contributed by atoms with Crippen LogP contribution in [0.2, 0.25) is 0 Å². The second-order valence-electron chi connectivity index (χ2n) is 7.66. The third-order valence-electron chi connectivity index (χ3n) is 5.57. The maximum Gasteiger partial charge on any atom is 0.268 e. The molecule has 170 valence electrons. The van der Waals surface area contributed by atoms with E-state index >= 15 is 0 Å². The normalized spacial score (nSPS) is 20.2. The molecule has 0 saturated heterocycles. The van der Waals surface area contributed by atoms with Crippen molar-refractivity contribution in [2.24, 2.45) is 4.99 Å². The number of amides is 1. The summed E-state index contributed by atoms with van der Waals surface area (Å²) in [6.07, 6.45) is 3.22. The lowest BCUT2D eigenvalue weighted by atomic mass is 9.90. The van der Waals surface area contributed by atoms with Crippen LogP contribution in [0.3, 0.4) is 0 Å². The Balaban J connectivity index is 1.62. The smallest absolute Gasteiger partial charge is 0.268 e. The number of thiocarbonyl (C=S) groups is 1. The number of halogens is 3. The van der Waals surface area contributed by atoms with Crippen LogP contribution >= 0.6 is 23.8 Å². The average molecular weight is 487 g/mol. The molecule has 0 fully saturated rings. The highest BCUT2D eigenvalue weighted by Gasteiger charge is 2.36. The highest BCUT2D eigenvalue weighted by atomic mass is 35.5. The fraction of sp³-hybridized carbons (Fsp3) is 0.208. The standard InChI is InChI=1S/C24H21ClF2N4OS/c1-31-20-11-10-15(25)12-16(20)21(14-6-3-2-4-7-14)29-22(23(31)32)30-24(33)28-13-17-18(26)8-5-9-19(17)27/h2-10,12,20,22H,11,13H2,1H3,(H2,28,30,33). The molecule has 0 spiro atoms. The molecule has 1 amide bonds. The van der Waals surface area contributed by atoms with Crippen LogP contribution in [0, 0.1) is 11.6 Å². The number of carbonyl (C=O) groups is 1. The molecule has 2 aromatic rings. The van der Waals surface area contributed by atoms with Crippen LogP contribution in [0.4, 0.5) is 8.78 Å². The van der Waals surface area contributed by atoms with Gasteiger partial charge < -0.3 is 15.5 Å². The van der Waals surface area contributed by atoms with Gasteiger partial charge in [-0.3, -0.25) is 4.79 Å². The second-order valence-corrected chi connectivity index (χ2v) is 8.51. The molecule has 9 heteroatoms. The molecule has 2 unspecified atom stereocenters. The molecule has 1 aliphatic carbocycles. The van der Waals surface area contributed by atoms with E-state index in [0.717, 1.165) is 11.1 Å². The Hall–Kier alpha value is -3.10. The van der Waals surface area contributed by atoms with Gasteiger partial charge in [-0.15, -0.1) is 0 Å². The Labute approximate surface area is 200 Å². The lowest BCUT2D eigenvalue weighted by molar-refractivity contribution is -0.132. The van der Waals surface area contributed by atoms with Gasteiger partial charge in [0, 0.05) is 35.3 Å². The molecular weight excluding hydrogens is 466 g/mol. The minimum absolute atomic E-state index is 0.0515. The van der Waals surface area contributed by atoms with E-state index in [2.05, 4.69) is 10.6 Å². The van der Waals surface area contributed by atoms with E-state index in [1.807, 2.05) is 42.5 Å². The van der Waals surface area contributed by atoms with Crippen molar-refractivity contribution in [2.75, 3.05) is 7.05 Å². The Morgan fingerprint density at radius 1 is 1.18 bits per heavy atom. The van der Waals surface area contributed by atoms with Gasteiger partial charge in [0.1, 0.15) is 11.6 Å². The molecule has 5 nitrogen and oxygen atoms in total. The number of fused-ring (bicyclic) bond motifs is 1. The van der Waals surface area contributed by atoms with Crippen LogP contribution in [0.5, 0.6) is 0 Å². The van der Waals surface area contributed by atoms with E-state index in [9.17, 15) is 13.6 Å². The third-order valence-corrected chi connectivity index (χ3v) is 6.10. The number of nitrogens with zero attached hydrogens (tertiary/aromatic N) is 2. The summed E-state index contributed by atoms with van der Waals surface area (Å²) in [5.41, 5.74) is 2.16. The number of likely N-dealkylation sites (N-methyl/N-ethyl adjacent to an activating group) is 1. The molecular formula is C24H21ClF2N4OS. The number of aliphatic imine (C=N–C) groups is 1. The van der Waals surface area contributed by atoms with E-state index in [1.165, 1.54) is 18.2 Å². The molecule has 4 rings (SSSR count). The first-order chi connectivity index (χ1) is 15.8. The third kappa shape index (κ3) is 4.96. The zero-order valence-electron chi connectivity index (χ0n) is 17.7. The van der Waals surface area contributed by atoms with Gasteiger partial charge in [-0.05, 0) is 36.8 Å². The summed E-state index contributed by atoms with van der Waals surface area (Å²) >= 11 is 11.6. The van der Waals surface area contributed by atoms with Crippen molar-refractivity contribution >= 4 is 40.6 Å². The molecule has 2 atom stereocenters. The first kappa shape index (κ1) is 23.1. The SMILES string of the molecule is CN1C(=O)C(NC(=S)NCc2c(F)cccc2F)N=C(c2ccccc2)C2=CC(Cl)=CCC21. The molecule has 1 aliphatic heterocycles. The van der Waals surface area contributed by atoms with Gasteiger partial charge in [-0.1, -0.05) is 54.1 Å². The zero-order valence-corrected chi connectivity index (χ0v) is 19.3. The van der Waals surface area contributed by atoms with Gasteiger partial charge in [0.15, 0.2) is 5.11 Å². The highest BCUT2D eigenvalue weighted by Crippen LogP contribution is 2.30. The second kappa shape index (κ2) is 9.80. The van der Waals surface area contributed by atoms with Crippen molar-refractivity contribution in [1.29, 1.82) is 0 Å². The van der Waals surface area contributed by atoms with Crippen LogP contribution in [-0.4, -0.2) is 40.9 Å². The first-order valence-electron chi connectivity index (χ1n) is 10.3. The summed E-state index contributed by atoms with van der Waals surface area (Å²) in [4.78, 5) is 19.6. The number of allylic oxidation sites excluding steroid dienone is 2. The van der Waals surface area contributed by atoms with Crippen LogP contribution in [0.1, 0.15) is 17.5 Å². The summed E-state index contributed by atoms with van der Waals surface area (Å²) in [6.45, 7) is -0.177. The minimum Gasteiger partial charge on any atom is -0.358 e. The zero-order chi connectivity index (χ0) is 23.5. The molecule has 2 aromatic carbocycles. The summed E-state index contributed by atoms with van der Waals surface area (Å²) in [6, 6.07) is 12.9. The highest BCUT2D eigenvalue weighted by molar-refractivity contribution is 7.80. The lowest BCUT2D eigenvalue weighted by Crippen LogP contribution is -2.50. The van der Waals surface area contributed by atoms with Crippen molar-refractivity contribution in [3.05, 3.63) is 94.0 Å². The average Bonchev–Trinajstić information content (AvgIpc) is 2.89. The predicted molar refractivity (Wildman–Crippen MR) is 129 cm³/mol. The van der Waals surface area contributed by atoms with Crippen molar-refractivity contribution in [2.45, 2.75) is 25.2 Å². The topological polar surface area (TPSA) is 56.7 Å². The van der Waals surface area contributed by atoms with Crippen molar-refractivity contribution in [1.82, 2.24) is 15.5 Å². The first-order valence-corrected chi connectivity index (χ1v) is 11.1. The number of carbonyl (C=O) groups excluding carboxylic acids is 1. The van der Waals surface area contributed by atoms with Crippen molar-refractivity contribution in [3.8, 4) is 0 Å². The summed E-state index contributed by atoms with van der Waals surface area (Å²) < 4.78 is 27.8. The van der Waals surface area contributed by atoms with Crippen LogP contribution in [0.25, 0.3) is 0 Å². The fourth-order valence-corrected chi connectivity index (χ4v) is 4.22. The summed E-state index contributed by atoms with van der Waals surface area (Å²) in [5.74, 6) is -1.65. The molecule has 0 saturated carbocycles. The predicted octanol–water partition coefficient (Wildman–Crippen LogP) is 4.04. The largest absolute Gasteiger partial charge is 0.358 e. The Kier molecular flexibility index (Phi) is 6.85. The van der Waals surface area contributed by atoms with E-state index in [1.54, 1.807) is 11.9 Å². The van der Waals surface area contributed by atoms with E-state index in [4.69, 9.17) is 28.8 Å². The Morgan fingerprint density at radius 3 is 2.58 bits per heavy atom. The molecule has 0 aromatic heterocycles. The van der Waals surface area contributed by atoms with E-state index < -0.39 is 17.8 Å². The molecule has 33 heavy (non-hydrogen) atoms. The number of hydrogen-bond acceptors (Lipinski definition) is 3. The van der Waals surface area contributed by atoms with Crippen LogP contribution < -0.4 is 10.6 Å².